The molecule has 2 unspecified atom stereocenters. The third-order valence-corrected chi connectivity index (χ3v) is 10.7. The highest BCUT2D eigenvalue weighted by Gasteiger charge is 2.38. The van der Waals surface area contributed by atoms with Crippen LogP contribution >= 0.6 is 11.3 Å². The van der Waals surface area contributed by atoms with Crippen molar-refractivity contribution in [1.29, 1.82) is 0 Å². The van der Waals surface area contributed by atoms with Crippen molar-refractivity contribution in [1.82, 2.24) is 0 Å². The van der Waals surface area contributed by atoms with E-state index in [2.05, 4.69) is 5.92 Å². The Hall–Kier alpha value is -2.37. The van der Waals surface area contributed by atoms with Gasteiger partial charge in [-0.3, -0.25) is 0 Å². The molecule has 0 aliphatic heterocycles. The Morgan fingerprint density at radius 3 is 1.53 bits per heavy atom. The first kappa shape index (κ1) is 39.8. The Bertz CT molecular complexity index is 2240. The monoisotopic (exact) mass is 618 g/mol. The van der Waals surface area contributed by atoms with E-state index in [0.717, 1.165) is 11.3 Å². The van der Waals surface area contributed by atoms with Crippen molar-refractivity contribution in [3.05, 3.63) is 70.3 Å². The fourth-order valence-corrected chi connectivity index (χ4v) is 7.85. The molecule has 0 saturated heterocycles. The van der Waals surface area contributed by atoms with Gasteiger partial charge in [0.2, 0.25) is 0 Å². The molecule has 5 rings (SSSR count). The minimum atomic E-state index is -0.990. The van der Waals surface area contributed by atoms with Crippen LogP contribution in [-0.4, -0.2) is 149 Å². The summed E-state index contributed by atoms with van der Waals surface area (Å²) in [6.45, 7) is 0. The minimum absolute atomic E-state index is 0.00327. The number of thiophene rings is 1. The molecule has 0 bridgehead atoms. The van der Waals surface area contributed by atoms with Gasteiger partial charge in [0.25, 0.3) is 0 Å². The zero-order valence-corrected chi connectivity index (χ0v) is 28.1. The Labute approximate surface area is 330 Å². The van der Waals surface area contributed by atoms with E-state index < -0.39 is 11.7 Å². The van der Waals surface area contributed by atoms with E-state index in [1.807, 2.05) is 0 Å². The molecule has 20 heteroatoms. The molecule has 51 heavy (non-hydrogen) atoms. The predicted octanol–water partition coefficient (Wildman–Crippen LogP) is -8.56. The van der Waals surface area contributed by atoms with Gasteiger partial charge in [-0.2, -0.15) is 0 Å². The van der Waals surface area contributed by atoms with Gasteiger partial charge in [0.15, 0.2) is 0 Å². The first-order chi connectivity index (χ1) is 23.7. The smallest absolute Gasteiger partial charge is 0.125 e. The zero-order valence-electron chi connectivity index (χ0n) is 27.3. The van der Waals surface area contributed by atoms with Crippen LogP contribution in [0.1, 0.15) is 43.7 Å². The minimum Gasteiger partial charge on any atom is -0.135 e. The van der Waals surface area contributed by atoms with Gasteiger partial charge in [0, 0.05) is 15.7 Å². The zero-order chi connectivity index (χ0) is 38.3. The van der Waals surface area contributed by atoms with Crippen LogP contribution in [0.3, 0.4) is 0 Å². The molecule has 0 N–H and O–H groups in total. The highest BCUT2D eigenvalue weighted by atomic mass is 32.1. The Balaban J connectivity index is 1.91. The molecule has 2 aliphatic carbocycles. The summed E-state index contributed by atoms with van der Waals surface area (Å²) >= 11 is 1.14. The van der Waals surface area contributed by atoms with Crippen LogP contribution in [-0.2, 0) is 6.42 Å². The van der Waals surface area contributed by atoms with Gasteiger partial charge in [-0.1, -0.05) is 38.9 Å². The lowest BCUT2D eigenvalue weighted by Gasteiger charge is -2.29. The molecule has 0 amide bonds. The van der Waals surface area contributed by atoms with Crippen molar-refractivity contribution in [2.45, 2.75) is 18.2 Å². The molecular formula is C31H5B19S. The number of benzene rings is 2. The lowest BCUT2D eigenvalue weighted by atomic mass is 9.57. The Morgan fingerprint density at radius 1 is 0.569 bits per heavy atom. The van der Waals surface area contributed by atoms with Crippen molar-refractivity contribution in [3.63, 3.8) is 0 Å². The van der Waals surface area contributed by atoms with Gasteiger partial charge in [-0.05, 0) is 34.5 Å². The number of terminal acetylenes is 1. The van der Waals surface area contributed by atoms with Crippen LogP contribution in [0, 0.1) is 12.3 Å². The summed E-state index contributed by atoms with van der Waals surface area (Å²) < 4.78 is 0. The molecule has 2 atom stereocenters. The highest BCUT2D eigenvalue weighted by molar-refractivity contribution is 7.15. The molecule has 0 saturated carbocycles. The van der Waals surface area contributed by atoms with Crippen molar-refractivity contribution in [2.75, 3.05) is 0 Å². The number of rotatable bonds is 6. The van der Waals surface area contributed by atoms with E-state index in [0.29, 0.717) is 26.5 Å². The number of fused-ring (bicyclic) bond motifs is 1. The van der Waals surface area contributed by atoms with E-state index in [1.54, 1.807) is 0 Å². The molecule has 2 aromatic carbocycles. The van der Waals surface area contributed by atoms with E-state index in [-0.39, 0.29) is 122 Å². The van der Waals surface area contributed by atoms with Crippen LogP contribution in [0.4, 0.5) is 0 Å². The van der Waals surface area contributed by atoms with Crippen molar-refractivity contribution >= 4 is 232 Å². The molecule has 38 radical (unpaired) electrons. The largest absolute Gasteiger partial charge is 0.135 e. The quantitative estimate of drug-likeness (QED) is 0.147. The van der Waals surface area contributed by atoms with E-state index >= 15 is 0 Å². The summed E-state index contributed by atoms with van der Waals surface area (Å²) in [5.41, 5.74) is 2.20. The van der Waals surface area contributed by atoms with Gasteiger partial charge in [-0.15, -0.1) is 94.3 Å². The molecule has 0 spiro atoms. The third-order valence-electron chi connectivity index (χ3n) is 9.44. The summed E-state index contributed by atoms with van der Waals surface area (Å²) in [7, 11) is 122. The van der Waals surface area contributed by atoms with Crippen molar-refractivity contribution in [3.8, 4) is 12.3 Å². The Morgan fingerprint density at radius 2 is 1.04 bits per heavy atom. The molecule has 1 heterocycles. The SMILES string of the molecule is [B]C1=C([B])C(c2c([B])c([B])c([B])c([B])c2[B])C(c2sc(/C(Cc3c([B])c([B])c([B])c([B])c3[B])=C([B])/C([B])=C(/[B])C#C)c3c2C([B])C([B])=C3[B])=C1[B]. The molecular weight excluding hydrogens is 610 g/mol. The van der Waals surface area contributed by atoms with E-state index in [9.17, 15) is 0 Å². The summed E-state index contributed by atoms with van der Waals surface area (Å²) in [6, 6.07) is 0. The fraction of sp³-hybridized carbons (Fsp3) is 0.0968. The van der Waals surface area contributed by atoms with Crippen LogP contribution in [0.15, 0.2) is 38.3 Å². The van der Waals surface area contributed by atoms with Crippen LogP contribution in [0.5, 0.6) is 0 Å². The number of hydrogen-bond acceptors (Lipinski definition) is 1. The average Bonchev–Trinajstić information content (AvgIpc) is 3.68. The predicted molar refractivity (Wildman–Crippen MR) is 236 cm³/mol. The second-order valence-corrected chi connectivity index (χ2v) is 13.1. The maximum Gasteiger partial charge on any atom is 0.125 e. The molecule has 192 valence electrons. The van der Waals surface area contributed by atoms with Crippen LogP contribution in [0.2, 0.25) is 0 Å². The first-order valence-electron chi connectivity index (χ1n) is 14.9. The lowest BCUT2D eigenvalue weighted by Crippen LogP contribution is -2.56. The van der Waals surface area contributed by atoms with E-state index in [1.165, 1.54) is 0 Å². The summed E-state index contributed by atoms with van der Waals surface area (Å²) in [6.07, 6.45) is 5.44. The summed E-state index contributed by atoms with van der Waals surface area (Å²) in [5, 5.41) is 0. The highest BCUT2D eigenvalue weighted by Crippen LogP contribution is 2.55. The number of allylic oxidation sites excluding steroid dienone is 9. The van der Waals surface area contributed by atoms with Gasteiger partial charge < -0.3 is 0 Å². The fourth-order valence-electron chi connectivity index (χ4n) is 6.35. The molecule has 0 nitrogen and oxygen atoms in total. The second-order valence-electron chi connectivity index (χ2n) is 12.1. The summed E-state index contributed by atoms with van der Waals surface area (Å²) in [5.74, 6) is 0.340. The number of hydrogen-bond donors (Lipinski definition) is 0. The molecule has 3 aromatic rings. The van der Waals surface area contributed by atoms with Crippen molar-refractivity contribution < 1.29 is 0 Å². The van der Waals surface area contributed by atoms with Gasteiger partial charge in [-0.25, -0.2) is 0 Å². The molecule has 1 aromatic heterocycles. The van der Waals surface area contributed by atoms with Crippen molar-refractivity contribution in [2.24, 2.45) is 0 Å². The normalized spacial score (nSPS) is 18.2. The molecule has 0 fully saturated rings. The third kappa shape index (κ3) is 6.09. The van der Waals surface area contributed by atoms with E-state index in [4.69, 9.17) is 156 Å². The standard InChI is InChI=1S/C31H5B19S/c1-2-6(32)15(36)14(35)5(3-4-12(33)22(43)28(49)23(44)13(4)34)30-10-11(21(42)25(46)20(10)41)31(51-30)9-7(16(37)24(45)19(9)40)8-17(38)26(47)29(50)27(48)18(8)39/h1,7,21H,3H2/b14-5-,15-6-. The maximum absolute atomic E-state index is 6.75. The maximum atomic E-state index is 6.75. The van der Waals surface area contributed by atoms with Gasteiger partial charge >= 0.3 is 0 Å². The second kappa shape index (κ2) is 14.5. The average molecular weight is 615 g/mol. The Kier molecular flexibility index (Phi) is 11.3. The van der Waals surface area contributed by atoms with Gasteiger partial charge in [0.05, 0.1) is 7.85 Å². The first-order valence-corrected chi connectivity index (χ1v) is 15.7. The van der Waals surface area contributed by atoms with Gasteiger partial charge in [0.1, 0.15) is 141 Å². The topological polar surface area (TPSA) is 0 Å². The lowest BCUT2D eigenvalue weighted by molar-refractivity contribution is 1.12. The van der Waals surface area contributed by atoms with Crippen LogP contribution < -0.4 is 54.6 Å². The summed E-state index contributed by atoms with van der Waals surface area (Å²) in [4.78, 5) is 0.830. The van der Waals surface area contributed by atoms with Crippen LogP contribution in [0.25, 0.3) is 16.6 Å². The molecule has 2 aliphatic rings.